The molecule has 0 aliphatic rings. The zero-order valence-corrected chi connectivity index (χ0v) is 10.1. The van der Waals surface area contributed by atoms with Crippen molar-refractivity contribution in [2.45, 2.75) is 19.1 Å². The molecule has 2 atom stereocenters. The van der Waals surface area contributed by atoms with Crippen LogP contribution in [0.15, 0.2) is 0 Å². The maximum Gasteiger partial charge on any atom is 0.318 e. The first-order valence-electron chi connectivity index (χ1n) is 4.72. The van der Waals surface area contributed by atoms with Gasteiger partial charge in [0.2, 0.25) is 5.91 Å². The van der Waals surface area contributed by atoms with Crippen LogP contribution in [0.2, 0.25) is 0 Å². The molecule has 0 aromatic rings. The summed E-state index contributed by atoms with van der Waals surface area (Å²) in [6.07, 6.45) is 0. The van der Waals surface area contributed by atoms with E-state index in [-0.39, 0.29) is 18.2 Å². The second-order valence-corrected chi connectivity index (χ2v) is 6.03. The molecule has 0 aromatic heterocycles. The molecular formula is C8H17N3O4S. The molecule has 0 aromatic carbocycles. The first kappa shape index (κ1) is 14.8. The number of nitrogens with two attached hydrogens (primary N) is 2. The summed E-state index contributed by atoms with van der Waals surface area (Å²) in [6, 6.07) is -1.07. The van der Waals surface area contributed by atoms with Crippen LogP contribution in [0, 0.1) is 5.92 Å². The number of carbonyl (C=O) groups is 2. The molecule has 0 saturated heterocycles. The van der Waals surface area contributed by atoms with Gasteiger partial charge in [-0.25, -0.2) is 13.2 Å². The van der Waals surface area contributed by atoms with Crippen molar-refractivity contribution >= 4 is 21.8 Å². The summed E-state index contributed by atoms with van der Waals surface area (Å²) < 4.78 is 23.3. The summed E-state index contributed by atoms with van der Waals surface area (Å²) in [7, 11) is -3.62. The van der Waals surface area contributed by atoms with Gasteiger partial charge in [0.05, 0.1) is 5.75 Å². The van der Waals surface area contributed by atoms with Gasteiger partial charge in [0.15, 0.2) is 9.84 Å². The highest BCUT2D eigenvalue weighted by Crippen LogP contribution is 2.07. The first-order valence-corrected chi connectivity index (χ1v) is 6.44. The van der Waals surface area contributed by atoms with E-state index in [2.05, 4.69) is 0 Å². The Kier molecular flexibility index (Phi) is 5.39. The van der Waals surface area contributed by atoms with E-state index in [0.29, 0.717) is 0 Å². The summed E-state index contributed by atoms with van der Waals surface area (Å²) in [5.41, 5.74) is 10.0. The Morgan fingerprint density at radius 1 is 1.31 bits per heavy atom. The highest BCUT2D eigenvalue weighted by atomic mass is 32.2. The lowest BCUT2D eigenvalue weighted by Crippen LogP contribution is -2.44. The quantitative estimate of drug-likeness (QED) is 0.551. The van der Waals surface area contributed by atoms with Crippen molar-refractivity contribution in [2.75, 3.05) is 12.3 Å². The second kappa shape index (κ2) is 5.80. The minimum atomic E-state index is -3.62. The number of urea groups is 1. The van der Waals surface area contributed by atoms with Gasteiger partial charge in [-0.15, -0.1) is 0 Å². The lowest BCUT2D eigenvalue weighted by atomic mass is 10.2. The van der Waals surface area contributed by atoms with Gasteiger partial charge in [0.1, 0.15) is 5.25 Å². The maximum absolute atomic E-state index is 11.7. The zero-order valence-electron chi connectivity index (χ0n) is 9.26. The Morgan fingerprint density at radius 2 is 1.81 bits per heavy atom. The number of sulfone groups is 1. The van der Waals surface area contributed by atoms with E-state index in [1.165, 1.54) is 6.92 Å². The maximum atomic E-state index is 11.7. The Morgan fingerprint density at radius 3 is 2.19 bits per heavy atom. The fourth-order valence-corrected chi connectivity index (χ4v) is 2.60. The van der Waals surface area contributed by atoms with Crippen LogP contribution in [0.1, 0.15) is 13.8 Å². The van der Waals surface area contributed by atoms with E-state index in [4.69, 9.17) is 11.5 Å². The molecule has 16 heavy (non-hydrogen) atoms. The fraction of sp³-hybridized carbons (Fsp3) is 0.750. The highest BCUT2D eigenvalue weighted by molar-refractivity contribution is 7.92. The Bertz CT molecular complexity index is 365. The summed E-state index contributed by atoms with van der Waals surface area (Å²) in [5.74, 6) is -1.36. The summed E-state index contributed by atoms with van der Waals surface area (Å²) >= 11 is 0. The third-order valence-electron chi connectivity index (χ3n) is 2.07. The monoisotopic (exact) mass is 251 g/mol. The van der Waals surface area contributed by atoms with E-state index in [1.807, 2.05) is 0 Å². The predicted octanol–water partition coefficient (Wildman–Crippen LogP) is -1.42. The van der Waals surface area contributed by atoms with Gasteiger partial charge >= 0.3 is 6.03 Å². The van der Waals surface area contributed by atoms with Crippen LogP contribution in [0.3, 0.4) is 0 Å². The third kappa shape index (κ3) is 4.58. The molecule has 94 valence electrons. The van der Waals surface area contributed by atoms with E-state index >= 15 is 0 Å². The van der Waals surface area contributed by atoms with Gasteiger partial charge in [-0.2, -0.15) is 0 Å². The summed E-state index contributed by atoms with van der Waals surface area (Å²) in [5, 5.41) is 0.418. The molecule has 0 fully saturated rings. The molecule has 0 spiro atoms. The number of hydrogen-bond donors (Lipinski definition) is 3. The molecule has 3 amide bonds. The van der Waals surface area contributed by atoms with Crippen molar-refractivity contribution in [1.82, 2.24) is 5.32 Å². The SMILES string of the molecule is CC(CN)CS(=O)(=O)C(C)C(=O)NC(N)=O. The predicted molar refractivity (Wildman–Crippen MR) is 59.2 cm³/mol. The molecule has 8 heteroatoms. The number of amides is 3. The van der Waals surface area contributed by atoms with E-state index < -0.39 is 27.0 Å². The van der Waals surface area contributed by atoms with Crippen LogP contribution in [0.5, 0.6) is 0 Å². The minimum absolute atomic E-state index is 0.198. The Hall–Kier alpha value is -1.15. The molecule has 0 aliphatic heterocycles. The van der Waals surface area contributed by atoms with Crippen LogP contribution < -0.4 is 16.8 Å². The molecule has 0 aliphatic carbocycles. The molecule has 0 rings (SSSR count). The van der Waals surface area contributed by atoms with Crippen LogP contribution in [0.4, 0.5) is 4.79 Å². The van der Waals surface area contributed by atoms with Crippen LogP contribution >= 0.6 is 0 Å². The van der Waals surface area contributed by atoms with E-state index in [0.717, 1.165) is 0 Å². The van der Waals surface area contributed by atoms with Gasteiger partial charge in [-0.05, 0) is 19.4 Å². The van der Waals surface area contributed by atoms with Crippen molar-refractivity contribution in [3.63, 3.8) is 0 Å². The van der Waals surface area contributed by atoms with Crippen LogP contribution in [-0.2, 0) is 14.6 Å². The van der Waals surface area contributed by atoms with Crippen molar-refractivity contribution in [1.29, 1.82) is 0 Å². The Labute approximate surface area is 94.5 Å². The standard InChI is InChI=1S/C8H17N3O4S/c1-5(3-9)4-16(14,15)6(2)7(12)11-8(10)13/h5-6H,3-4,9H2,1-2H3,(H3,10,11,12,13). The minimum Gasteiger partial charge on any atom is -0.351 e. The number of carbonyl (C=O) groups excluding carboxylic acids is 2. The largest absolute Gasteiger partial charge is 0.351 e. The fourth-order valence-electron chi connectivity index (χ4n) is 0.995. The van der Waals surface area contributed by atoms with Gasteiger partial charge in [0, 0.05) is 0 Å². The molecule has 0 heterocycles. The number of nitrogens with one attached hydrogen (secondary N) is 1. The molecule has 0 saturated carbocycles. The number of hydrogen-bond acceptors (Lipinski definition) is 5. The Balaban J connectivity index is 4.64. The van der Waals surface area contributed by atoms with Crippen molar-refractivity contribution in [3.05, 3.63) is 0 Å². The van der Waals surface area contributed by atoms with Gasteiger partial charge in [-0.1, -0.05) is 6.92 Å². The lowest BCUT2D eigenvalue weighted by Gasteiger charge is -2.14. The molecule has 0 bridgehead atoms. The number of imide groups is 1. The number of primary amides is 1. The van der Waals surface area contributed by atoms with Crippen molar-refractivity contribution in [2.24, 2.45) is 17.4 Å². The highest BCUT2D eigenvalue weighted by Gasteiger charge is 2.29. The first-order chi connectivity index (χ1) is 7.20. The van der Waals surface area contributed by atoms with E-state index in [9.17, 15) is 18.0 Å². The zero-order chi connectivity index (χ0) is 12.9. The smallest absolute Gasteiger partial charge is 0.318 e. The summed E-state index contributed by atoms with van der Waals surface area (Å²) in [4.78, 5) is 21.6. The summed E-state index contributed by atoms with van der Waals surface area (Å²) in [6.45, 7) is 3.08. The normalized spacial score (nSPS) is 15.2. The second-order valence-electron chi connectivity index (χ2n) is 3.67. The van der Waals surface area contributed by atoms with Crippen molar-refractivity contribution < 1.29 is 18.0 Å². The number of rotatable bonds is 5. The topological polar surface area (TPSA) is 132 Å². The molecule has 0 radical (unpaired) electrons. The van der Waals surface area contributed by atoms with Crippen LogP contribution in [-0.4, -0.2) is 37.9 Å². The van der Waals surface area contributed by atoms with Gasteiger partial charge < -0.3 is 11.5 Å². The third-order valence-corrected chi connectivity index (χ3v) is 4.40. The average molecular weight is 251 g/mol. The van der Waals surface area contributed by atoms with Gasteiger partial charge in [0.25, 0.3) is 0 Å². The van der Waals surface area contributed by atoms with Crippen LogP contribution in [0.25, 0.3) is 0 Å². The van der Waals surface area contributed by atoms with E-state index in [1.54, 1.807) is 12.2 Å². The molecule has 2 unspecified atom stereocenters. The molecular weight excluding hydrogens is 234 g/mol. The van der Waals surface area contributed by atoms with Crippen molar-refractivity contribution in [3.8, 4) is 0 Å². The molecule has 7 nitrogen and oxygen atoms in total. The lowest BCUT2D eigenvalue weighted by molar-refractivity contribution is -0.119. The average Bonchev–Trinajstić information content (AvgIpc) is 2.14. The van der Waals surface area contributed by atoms with Gasteiger partial charge in [-0.3, -0.25) is 10.1 Å². The molecule has 5 N–H and O–H groups in total.